The standard InChI is InChI=1S/C7H14N2O5S/c1-14-6(10)2-3-15(12,13)4-5(8)7(9)11/h5H,2-4,8H2,1H3,(H2,9,11). The van der Waals surface area contributed by atoms with E-state index in [1.54, 1.807) is 0 Å². The van der Waals surface area contributed by atoms with E-state index < -0.39 is 39.3 Å². The van der Waals surface area contributed by atoms with Gasteiger partial charge in [0.2, 0.25) is 5.91 Å². The first-order valence-corrected chi connectivity index (χ1v) is 5.93. The zero-order valence-electron chi connectivity index (χ0n) is 8.30. The summed E-state index contributed by atoms with van der Waals surface area (Å²) in [4.78, 5) is 21.2. The fraction of sp³-hybridized carbons (Fsp3) is 0.714. The van der Waals surface area contributed by atoms with E-state index in [4.69, 9.17) is 11.5 Å². The highest BCUT2D eigenvalue weighted by molar-refractivity contribution is 7.91. The lowest BCUT2D eigenvalue weighted by Crippen LogP contribution is -2.42. The van der Waals surface area contributed by atoms with Crippen LogP contribution in [0.3, 0.4) is 0 Å². The second-order valence-corrected chi connectivity index (χ2v) is 5.18. The first-order valence-electron chi connectivity index (χ1n) is 4.10. The summed E-state index contributed by atoms with van der Waals surface area (Å²) in [7, 11) is -2.40. The van der Waals surface area contributed by atoms with Gasteiger partial charge in [-0.3, -0.25) is 9.59 Å². The monoisotopic (exact) mass is 238 g/mol. The Hall–Kier alpha value is -1.15. The maximum atomic E-state index is 11.3. The molecule has 0 rings (SSSR count). The molecule has 4 N–H and O–H groups in total. The van der Waals surface area contributed by atoms with Gasteiger partial charge in [-0.05, 0) is 0 Å². The third-order valence-corrected chi connectivity index (χ3v) is 3.34. The minimum atomic E-state index is -3.56. The van der Waals surface area contributed by atoms with Crippen LogP contribution in [0, 0.1) is 0 Å². The number of rotatable bonds is 6. The Balaban J connectivity index is 4.20. The quantitative estimate of drug-likeness (QED) is 0.504. The summed E-state index contributed by atoms with van der Waals surface area (Å²) in [6.45, 7) is 0. The molecule has 0 spiro atoms. The van der Waals surface area contributed by atoms with Gasteiger partial charge in [0.1, 0.15) is 0 Å². The maximum Gasteiger partial charge on any atom is 0.306 e. The summed E-state index contributed by atoms with van der Waals surface area (Å²) in [5.74, 6) is -2.48. The van der Waals surface area contributed by atoms with Crippen molar-refractivity contribution in [3.05, 3.63) is 0 Å². The van der Waals surface area contributed by atoms with E-state index in [1.165, 1.54) is 0 Å². The minimum absolute atomic E-state index is 0.260. The summed E-state index contributed by atoms with van der Waals surface area (Å²) in [5, 5.41) is 0. The topological polar surface area (TPSA) is 130 Å². The van der Waals surface area contributed by atoms with Gasteiger partial charge in [0.25, 0.3) is 0 Å². The highest BCUT2D eigenvalue weighted by atomic mass is 32.2. The van der Waals surface area contributed by atoms with Gasteiger partial charge in [0.05, 0.1) is 31.1 Å². The van der Waals surface area contributed by atoms with Crippen molar-refractivity contribution in [3.63, 3.8) is 0 Å². The van der Waals surface area contributed by atoms with E-state index in [-0.39, 0.29) is 6.42 Å². The van der Waals surface area contributed by atoms with Crippen LogP contribution in [-0.4, -0.2) is 45.0 Å². The van der Waals surface area contributed by atoms with Gasteiger partial charge in [-0.1, -0.05) is 0 Å². The van der Waals surface area contributed by atoms with Crippen LogP contribution in [0.4, 0.5) is 0 Å². The van der Waals surface area contributed by atoms with E-state index in [1.807, 2.05) is 0 Å². The molecule has 0 heterocycles. The molecule has 0 radical (unpaired) electrons. The number of primary amides is 1. The third kappa shape index (κ3) is 6.02. The number of hydrogen-bond donors (Lipinski definition) is 2. The molecule has 8 heteroatoms. The van der Waals surface area contributed by atoms with E-state index in [9.17, 15) is 18.0 Å². The molecular formula is C7H14N2O5S. The van der Waals surface area contributed by atoms with Crippen molar-refractivity contribution >= 4 is 21.7 Å². The lowest BCUT2D eigenvalue weighted by molar-refractivity contribution is -0.140. The van der Waals surface area contributed by atoms with Crippen LogP contribution >= 0.6 is 0 Å². The Morgan fingerprint density at radius 2 is 1.93 bits per heavy atom. The molecule has 0 aliphatic rings. The van der Waals surface area contributed by atoms with Crippen LogP contribution in [0.2, 0.25) is 0 Å². The van der Waals surface area contributed by atoms with Gasteiger partial charge in [0.15, 0.2) is 9.84 Å². The number of sulfone groups is 1. The Kier molecular flexibility index (Phi) is 5.23. The second kappa shape index (κ2) is 5.66. The highest BCUT2D eigenvalue weighted by Crippen LogP contribution is 1.97. The minimum Gasteiger partial charge on any atom is -0.469 e. The lowest BCUT2D eigenvalue weighted by Gasteiger charge is -2.07. The molecule has 0 fully saturated rings. The molecule has 88 valence electrons. The lowest BCUT2D eigenvalue weighted by atomic mass is 10.3. The average Bonchev–Trinajstić information content (AvgIpc) is 2.13. The fourth-order valence-corrected chi connectivity index (χ4v) is 2.14. The zero-order chi connectivity index (χ0) is 12.1. The average molecular weight is 238 g/mol. The zero-order valence-corrected chi connectivity index (χ0v) is 9.12. The molecule has 0 bridgehead atoms. The predicted octanol–water partition coefficient (Wildman–Crippen LogP) is -2.22. The summed E-state index contributed by atoms with van der Waals surface area (Å²) in [6.07, 6.45) is -0.260. The molecule has 0 saturated carbocycles. The van der Waals surface area contributed by atoms with Crippen LogP contribution < -0.4 is 11.5 Å². The molecule has 0 aromatic carbocycles. The number of carbonyl (C=O) groups is 2. The normalized spacial score (nSPS) is 13.2. The first kappa shape index (κ1) is 13.8. The van der Waals surface area contributed by atoms with Gasteiger partial charge in [0, 0.05) is 0 Å². The Morgan fingerprint density at radius 3 is 2.33 bits per heavy atom. The maximum absolute atomic E-state index is 11.3. The van der Waals surface area contributed by atoms with E-state index in [0.717, 1.165) is 7.11 Å². The fourth-order valence-electron chi connectivity index (χ4n) is 0.780. The third-order valence-electron chi connectivity index (χ3n) is 1.64. The van der Waals surface area contributed by atoms with Crippen molar-refractivity contribution in [2.75, 3.05) is 18.6 Å². The number of ether oxygens (including phenoxy) is 1. The van der Waals surface area contributed by atoms with Crippen LogP contribution in [0.1, 0.15) is 6.42 Å². The molecule has 1 atom stereocenters. The number of methoxy groups -OCH3 is 1. The molecule has 0 aromatic heterocycles. The second-order valence-electron chi connectivity index (χ2n) is 2.95. The van der Waals surface area contributed by atoms with Gasteiger partial charge in [-0.2, -0.15) is 0 Å². The smallest absolute Gasteiger partial charge is 0.306 e. The van der Waals surface area contributed by atoms with E-state index >= 15 is 0 Å². The number of hydrogen-bond acceptors (Lipinski definition) is 6. The van der Waals surface area contributed by atoms with Crippen LogP contribution in [0.25, 0.3) is 0 Å². The molecular weight excluding hydrogens is 224 g/mol. The van der Waals surface area contributed by atoms with Gasteiger partial charge in [-0.15, -0.1) is 0 Å². The van der Waals surface area contributed by atoms with Gasteiger partial charge in [-0.25, -0.2) is 8.42 Å². The molecule has 1 amide bonds. The van der Waals surface area contributed by atoms with Crippen molar-refractivity contribution < 1.29 is 22.7 Å². The van der Waals surface area contributed by atoms with Crippen molar-refractivity contribution in [3.8, 4) is 0 Å². The number of carbonyl (C=O) groups excluding carboxylic acids is 2. The van der Waals surface area contributed by atoms with Crippen LogP contribution in [-0.2, 0) is 24.2 Å². The number of nitrogens with two attached hydrogens (primary N) is 2. The Labute approximate surface area is 87.7 Å². The Bertz CT molecular complexity index is 337. The molecule has 0 aromatic rings. The first-order chi connectivity index (χ1) is 6.78. The molecule has 15 heavy (non-hydrogen) atoms. The van der Waals surface area contributed by atoms with Gasteiger partial charge < -0.3 is 16.2 Å². The van der Waals surface area contributed by atoms with Crippen molar-refractivity contribution in [1.29, 1.82) is 0 Å². The SMILES string of the molecule is COC(=O)CCS(=O)(=O)CC(N)C(N)=O. The van der Waals surface area contributed by atoms with Crippen molar-refractivity contribution in [2.24, 2.45) is 11.5 Å². The van der Waals surface area contributed by atoms with Crippen LogP contribution in [0.5, 0.6) is 0 Å². The summed E-state index contributed by atoms with van der Waals surface area (Å²) >= 11 is 0. The number of esters is 1. The van der Waals surface area contributed by atoms with E-state index in [0.29, 0.717) is 0 Å². The molecule has 0 saturated heterocycles. The summed E-state index contributed by atoms with van der Waals surface area (Å²) in [6, 6.07) is -1.24. The largest absolute Gasteiger partial charge is 0.469 e. The summed E-state index contributed by atoms with van der Waals surface area (Å²) in [5.41, 5.74) is 9.98. The van der Waals surface area contributed by atoms with E-state index in [2.05, 4.69) is 4.74 Å². The van der Waals surface area contributed by atoms with Gasteiger partial charge >= 0.3 is 5.97 Å². The molecule has 1 unspecified atom stereocenters. The number of amides is 1. The Morgan fingerprint density at radius 1 is 1.40 bits per heavy atom. The molecule has 0 aliphatic heterocycles. The van der Waals surface area contributed by atoms with Crippen molar-refractivity contribution in [2.45, 2.75) is 12.5 Å². The molecule has 7 nitrogen and oxygen atoms in total. The van der Waals surface area contributed by atoms with Crippen molar-refractivity contribution in [1.82, 2.24) is 0 Å². The summed E-state index contributed by atoms with van der Waals surface area (Å²) < 4.78 is 26.8. The highest BCUT2D eigenvalue weighted by Gasteiger charge is 2.21. The van der Waals surface area contributed by atoms with Crippen LogP contribution in [0.15, 0.2) is 0 Å². The predicted molar refractivity (Wildman–Crippen MR) is 52.5 cm³/mol. The molecule has 0 aliphatic carbocycles.